The van der Waals surface area contributed by atoms with Gasteiger partial charge in [0.15, 0.2) is 0 Å². The van der Waals surface area contributed by atoms with Crippen molar-refractivity contribution < 1.29 is 27.8 Å². The number of carbonyl (C=O) groups is 1. The van der Waals surface area contributed by atoms with Gasteiger partial charge in [0.05, 0.1) is 24.3 Å². The van der Waals surface area contributed by atoms with Crippen molar-refractivity contribution in [3.63, 3.8) is 0 Å². The minimum atomic E-state index is -4.38. The second kappa shape index (κ2) is 9.97. The van der Waals surface area contributed by atoms with Crippen LogP contribution in [-0.2, 0) is 24.4 Å². The summed E-state index contributed by atoms with van der Waals surface area (Å²) in [5.41, 5.74) is 2.53. The molecule has 5 nitrogen and oxygen atoms in total. The number of nitrogens with zero attached hydrogens (tertiary/aromatic N) is 2. The van der Waals surface area contributed by atoms with Gasteiger partial charge in [0.25, 0.3) is 0 Å². The van der Waals surface area contributed by atoms with Gasteiger partial charge in [-0.25, -0.2) is 4.98 Å². The van der Waals surface area contributed by atoms with Crippen LogP contribution >= 0.6 is 11.3 Å². The minimum Gasteiger partial charge on any atom is -0.493 e. The zero-order chi connectivity index (χ0) is 26.2. The summed E-state index contributed by atoms with van der Waals surface area (Å²) < 4.78 is 46.8. The molecule has 0 aliphatic rings. The number of hydrogen-bond acceptors (Lipinski definition) is 4. The first kappa shape index (κ1) is 25.8. The zero-order valence-corrected chi connectivity index (χ0v) is 21.2. The third-order valence-corrected chi connectivity index (χ3v) is 7.37. The number of alkyl halides is 3. The Kier molecular flexibility index (Phi) is 7.13. The summed E-state index contributed by atoms with van der Waals surface area (Å²) in [7, 11) is 1.88. The standard InChI is InChI=1S/C27H27F3N2O3S/c1-15(2)24-25(36-26(31-24)17-5-7-19(8-6-17)27(28,29)30)16(3)14-35-20-9-10-22-21(12-20)18(11-23(33)34)13-32(22)4/h5-10,12-13,15-16H,11,14H2,1-4H3,(H,33,34). The number of rotatable bonds is 8. The van der Waals surface area contributed by atoms with Gasteiger partial charge in [-0.2, -0.15) is 13.2 Å². The van der Waals surface area contributed by atoms with E-state index in [1.54, 1.807) is 0 Å². The summed E-state index contributed by atoms with van der Waals surface area (Å²) >= 11 is 1.47. The third kappa shape index (κ3) is 5.41. The second-order valence-electron chi connectivity index (χ2n) is 9.23. The van der Waals surface area contributed by atoms with Crippen LogP contribution in [0, 0.1) is 0 Å². The highest BCUT2D eigenvalue weighted by molar-refractivity contribution is 7.15. The molecule has 0 fully saturated rings. The van der Waals surface area contributed by atoms with Gasteiger partial charge in [-0.1, -0.05) is 32.9 Å². The first-order chi connectivity index (χ1) is 16.9. The number of fused-ring (bicyclic) bond motifs is 1. The van der Waals surface area contributed by atoms with E-state index < -0.39 is 17.7 Å². The number of carboxylic acids is 1. The number of carboxylic acid groups (broad SMARTS) is 1. The highest BCUT2D eigenvalue weighted by atomic mass is 32.1. The molecule has 1 N–H and O–H groups in total. The number of ether oxygens (including phenoxy) is 1. The first-order valence-electron chi connectivity index (χ1n) is 11.5. The van der Waals surface area contributed by atoms with E-state index in [1.165, 1.54) is 23.5 Å². The zero-order valence-electron chi connectivity index (χ0n) is 20.4. The Morgan fingerprint density at radius 2 is 1.83 bits per heavy atom. The van der Waals surface area contributed by atoms with Gasteiger partial charge in [0.2, 0.25) is 0 Å². The quantitative estimate of drug-likeness (QED) is 0.268. The van der Waals surface area contributed by atoms with Gasteiger partial charge in [-0.05, 0) is 41.8 Å². The van der Waals surface area contributed by atoms with Crippen LogP contribution in [0.25, 0.3) is 21.5 Å². The maximum atomic E-state index is 12.9. The second-order valence-corrected chi connectivity index (χ2v) is 10.3. The molecule has 0 aliphatic heterocycles. The highest BCUT2D eigenvalue weighted by Crippen LogP contribution is 2.38. The maximum Gasteiger partial charge on any atom is 0.416 e. The molecule has 2 aromatic heterocycles. The summed E-state index contributed by atoms with van der Waals surface area (Å²) in [5.74, 6) is -0.113. The fraction of sp³-hybridized carbons (Fsp3) is 0.333. The Morgan fingerprint density at radius 1 is 1.14 bits per heavy atom. The van der Waals surface area contributed by atoms with Crippen LogP contribution in [0.15, 0.2) is 48.7 Å². The van der Waals surface area contributed by atoms with Gasteiger partial charge in [0, 0.05) is 40.5 Å². The van der Waals surface area contributed by atoms with Crippen molar-refractivity contribution in [3.8, 4) is 16.3 Å². The van der Waals surface area contributed by atoms with E-state index in [4.69, 9.17) is 9.72 Å². The predicted octanol–water partition coefficient (Wildman–Crippen LogP) is 7.25. The topological polar surface area (TPSA) is 64.3 Å². The average molecular weight is 517 g/mol. The lowest BCUT2D eigenvalue weighted by Crippen LogP contribution is -2.08. The van der Waals surface area contributed by atoms with Gasteiger partial charge >= 0.3 is 12.1 Å². The first-order valence-corrected chi connectivity index (χ1v) is 12.4. The van der Waals surface area contributed by atoms with Crippen LogP contribution in [0.1, 0.15) is 54.3 Å². The third-order valence-electron chi connectivity index (χ3n) is 6.02. The van der Waals surface area contributed by atoms with Crippen molar-refractivity contribution in [1.29, 1.82) is 0 Å². The molecule has 0 bridgehead atoms. The van der Waals surface area contributed by atoms with Crippen LogP contribution in [0.5, 0.6) is 5.75 Å². The molecule has 4 aromatic rings. The van der Waals surface area contributed by atoms with Crippen molar-refractivity contribution in [2.75, 3.05) is 6.61 Å². The lowest BCUT2D eigenvalue weighted by atomic mass is 10.0. The van der Waals surface area contributed by atoms with Gasteiger partial charge in [-0.15, -0.1) is 11.3 Å². The smallest absolute Gasteiger partial charge is 0.416 e. The van der Waals surface area contributed by atoms with Gasteiger partial charge in [-0.3, -0.25) is 4.79 Å². The van der Waals surface area contributed by atoms with Gasteiger partial charge < -0.3 is 14.4 Å². The van der Waals surface area contributed by atoms with Crippen molar-refractivity contribution in [3.05, 3.63) is 70.4 Å². The Morgan fingerprint density at radius 3 is 2.44 bits per heavy atom. The van der Waals surface area contributed by atoms with Crippen LogP contribution in [-0.4, -0.2) is 27.2 Å². The molecule has 1 unspecified atom stereocenters. The van der Waals surface area contributed by atoms with E-state index in [0.29, 0.717) is 22.9 Å². The molecule has 0 radical (unpaired) electrons. The number of halogens is 3. The Bertz CT molecular complexity index is 1390. The van der Waals surface area contributed by atoms with Crippen molar-refractivity contribution in [2.24, 2.45) is 7.05 Å². The van der Waals surface area contributed by atoms with E-state index in [-0.39, 0.29) is 18.3 Å². The van der Waals surface area contributed by atoms with E-state index >= 15 is 0 Å². The summed E-state index contributed by atoms with van der Waals surface area (Å²) in [6.45, 7) is 6.49. The molecule has 36 heavy (non-hydrogen) atoms. The van der Waals surface area contributed by atoms with Crippen molar-refractivity contribution in [1.82, 2.24) is 9.55 Å². The Labute approximate surface area is 211 Å². The van der Waals surface area contributed by atoms with Crippen LogP contribution < -0.4 is 4.74 Å². The fourth-order valence-corrected chi connectivity index (χ4v) is 5.44. The molecule has 0 saturated carbocycles. The molecule has 9 heteroatoms. The Balaban J connectivity index is 1.55. The van der Waals surface area contributed by atoms with Gasteiger partial charge in [0.1, 0.15) is 10.8 Å². The van der Waals surface area contributed by atoms with Crippen LogP contribution in [0.2, 0.25) is 0 Å². The number of aromatic nitrogens is 2. The molecular formula is C27H27F3N2O3S. The van der Waals surface area contributed by atoms with E-state index in [9.17, 15) is 23.1 Å². The summed E-state index contributed by atoms with van der Waals surface area (Å²) in [4.78, 5) is 17.0. The summed E-state index contributed by atoms with van der Waals surface area (Å²) in [5, 5.41) is 10.7. The van der Waals surface area contributed by atoms with E-state index in [2.05, 4.69) is 0 Å². The molecule has 0 aliphatic carbocycles. The average Bonchev–Trinajstić information content (AvgIpc) is 3.39. The normalized spacial score (nSPS) is 12.9. The Hall–Kier alpha value is -3.33. The summed E-state index contributed by atoms with van der Waals surface area (Å²) in [6, 6.07) is 10.7. The molecule has 2 heterocycles. The molecule has 0 amide bonds. The molecule has 0 saturated heterocycles. The molecule has 2 aromatic carbocycles. The number of aryl methyl sites for hydroxylation is 1. The van der Waals surface area contributed by atoms with Crippen molar-refractivity contribution >= 4 is 28.2 Å². The van der Waals surface area contributed by atoms with Crippen LogP contribution in [0.4, 0.5) is 13.2 Å². The number of benzene rings is 2. The molecule has 4 rings (SSSR count). The number of hydrogen-bond donors (Lipinski definition) is 1. The molecule has 1 atom stereocenters. The van der Waals surface area contributed by atoms with E-state index in [0.717, 1.165) is 39.2 Å². The summed E-state index contributed by atoms with van der Waals surface area (Å²) in [6.07, 6.45) is -2.62. The molecule has 0 spiro atoms. The van der Waals surface area contributed by atoms with Crippen LogP contribution in [0.3, 0.4) is 0 Å². The van der Waals surface area contributed by atoms with Crippen molar-refractivity contribution in [2.45, 2.75) is 45.2 Å². The fourth-order valence-electron chi connectivity index (χ4n) is 4.18. The highest BCUT2D eigenvalue weighted by Gasteiger charge is 2.30. The SMILES string of the molecule is CC(C)c1nc(-c2ccc(C(F)(F)F)cc2)sc1C(C)COc1ccc2c(c1)c(CC(=O)O)cn2C. The maximum absolute atomic E-state index is 12.9. The molecular weight excluding hydrogens is 489 g/mol. The largest absolute Gasteiger partial charge is 0.493 e. The van der Waals surface area contributed by atoms with E-state index in [1.807, 2.05) is 56.8 Å². The minimum absolute atomic E-state index is 0.00643. The number of thiazole rings is 1. The predicted molar refractivity (Wildman–Crippen MR) is 135 cm³/mol. The molecule has 190 valence electrons. The number of aliphatic carboxylic acids is 1. The lowest BCUT2D eigenvalue weighted by molar-refractivity contribution is -0.138. The monoisotopic (exact) mass is 516 g/mol. The lowest BCUT2D eigenvalue weighted by Gasteiger charge is -2.14.